The summed E-state index contributed by atoms with van der Waals surface area (Å²) in [4.78, 5) is 13.9. The normalized spacial score (nSPS) is 16.0. The number of carbonyl (C=O) groups is 1. The first-order valence-electron chi connectivity index (χ1n) is 7.46. The maximum Gasteiger partial charge on any atom is 0.222 e. The predicted octanol–water partition coefficient (Wildman–Crippen LogP) is 2.22. The number of nitrogens with zero attached hydrogens (tertiary/aromatic N) is 1. The number of piperidine rings is 1. The fourth-order valence-electron chi connectivity index (χ4n) is 2.47. The van der Waals surface area contributed by atoms with Gasteiger partial charge in [0.2, 0.25) is 5.91 Å². The van der Waals surface area contributed by atoms with Crippen LogP contribution in [0.4, 0.5) is 4.39 Å². The monoisotopic (exact) mass is 295 g/mol. The molecule has 0 bridgehead atoms. The van der Waals surface area contributed by atoms with Crippen molar-refractivity contribution in [2.24, 2.45) is 5.92 Å². The molecule has 0 aromatic heterocycles. The van der Waals surface area contributed by atoms with Gasteiger partial charge in [-0.1, -0.05) is 0 Å². The number of amides is 1. The SMILES string of the molecule is O=C(CCCOc1ccc(F)cc1)N1CCC(CO)CC1. The largest absolute Gasteiger partial charge is 0.494 e. The summed E-state index contributed by atoms with van der Waals surface area (Å²) in [6, 6.07) is 5.87. The standard InChI is InChI=1S/C16H22FNO3/c17-14-3-5-15(6-4-14)21-11-1-2-16(20)18-9-7-13(12-19)8-10-18/h3-6,13,19H,1-2,7-12H2. The zero-order valence-electron chi connectivity index (χ0n) is 12.1. The number of hydrogen-bond donors (Lipinski definition) is 1. The fraction of sp³-hybridized carbons (Fsp3) is 0.562. The molecule has 1 amide bonds. The molecule has 0 unspecified atom stereocenters. The molecule has 5 heteroatoms. The van der Waals surface area contributed by atoms with Gasteiger partial charge in [-0.2, -0.15) is 0 Å². The van der Waals surface area contributed by atoms with Crippen LogP contribution in [-0.2, 0) is 4.79 Å². The van der Waals surface area contributed by atoms with Gasteiger partial charge in [-0.3, -0.25) is 4.79 Å². The quantitative estimate of drug-likeness (QED) is 0.819. The molecular formula is C16H22FNO3. The number of hydrogen-bond acceptors (Lipinski definition) is 3. The molecule has 1 aliphatic rings. The van der Waals surface area contributed by atoms with Crippen molar-refractivity contribution in [3.8, 4) is 5.75 Å². The zero-order chi connectivity index (χ0) is 15.1. The number of aliphatic hydroxyl groups excluding tert-OH is 1. The minimum atomic E-state index is -0.288. The summed E-state index contributed by atoms with van der Waals surface area (Å²) in [5.41, 5.74) is 0. The minimum Gasteiger partial charge on any atom is -0.494 e. The molecule has 1 saturated heterocycles. The molecule has 0 atom stereocenters. The van der Waals surface area contributed by atoms with Gasteiger partial charge in [-0.25, -0.2) is 4.39 Å². The van der Waals surface area contributed by atoms with E-state index < -0.39 is 0 Å². The number of halogens is 1. The molecule has 0 radical (unpaired) electrons. The summed E-state index contributed by atoms with van der Waals surface area (Å²) in [5, 5.41) is 9.07. The second-order valence-electron chi connectivity index (χ2n) is 5.41. The second-order valence-corrected chi connectivity index (χ2v) is 5.41. The number of aliphatic hydroxyl groups is 1. The van der Waals surface area contributed by atoms with Gasteiger partial charge in [0.15, 0.2) is 0 Å². The maximum absolute atomic E-state index is 12.7. The zero-order valence-corrected chi connectivity index (χ0v) is 12.1. The molecule has 21 heavy (non-hydrogen) atoms. The molecule has 1 aliphatic heterocycles. The molecule has 4 nitrogen and oxygen atoms in total. The van der Waals surface area contributed by atoms with Gasteiger partial charge >= 0.3 is 0 Å². The van der Waals surface area contributed by atoms with E-state index in [-0.39, 0.29) is 18.3 Å². The van der Waals surface area contributed by atoms with E-state index in [0.29, 0.717) is 31.1 Å². The van der Waals surface area contributed by atoms with Crippen LogP contribution in [0.15, 0.2) is 24.3 Å². The summed E-state index contributed by atoms with van der Waals surface area (Å²) < 4.78 is 18.2. The Bertz CT molecular complexity index is 441. The van der Waals surface area contributed by atoms with Crippen molar-refractivity contribution >= 4 is 5.91 Å². The summed E-state index contributed by atoms with van der Waals surface area (Å²) >= 11 is 0. The van der Waals surface area contributed by atoms with Gasteiger partial charge in [-0.05, 0) is 49.4 Å². The molecule has 116 valence electrons. The van der Waals surface area contributed by atoms with Gasteiger partial charge in [-0.15, -0.1) is 0 Å². The Hall–Kier alpha value is -1.62. The van der Waals surface area contributed by atoms with Crippen LogP contribution in [0.5, 0.6) is 5.75 Å². The Balaban J connectivity index is 1.62. The molecule has 0 aliphatic carbocycles. The van der Waals surface area contributed by atoms with Crippen LogP contribution in [-0.4, -0.2) is 42.2 Å². The number of carbonyl (C=O) groups excluding carboxylic acids is 1. The molecule has 0 saturated carbocycles. The third-order valence-corrected chi connectivity index (χ3v) is 3.84. The van der Waals surface area contributed by atoms with Crippen molar-refractivity contribution in [2.75, 3.05) is 26.3 Å². The topological polar surface area (TPSA) is 49.8 Å². The van der Waals surface area contributed by atoms with Crippen LogP contribution >= 0.6 is 0 Å². The smallest absolute Gasteiger partial charge is 0.222 e. The van der Waals surface area contributed by atoms with Crippen molar-refractivity contribution in [3.05, 3.63) is 30.1 Å². The first kappa shape index (κ1) is 15.8. The maximum atomic E-state index is 12.7. The number of likely N-dealkylation sites (tertiary alicyclic amines) is 1. The number of rotatable bonds is 6. The lowest BCUT2D eigenvalue weighted by molar-refractivity contribution is -0.133. The number of ether oxygens (including phenoxy) is 1. The van der Waals surface area contributed by atoms with E-state index in [1.54, 1.807) is 12.1 Å². The Morgan fingerprint density at radius 3 is 2.57 bits per heavy atom. The molecule has 1 heterocycles. The third-order valence-electron chi connectivity index (χ3n) is 3.84. The van der Waals surface area contributed by atoms with Crippen LogP contribution in [0.25, 0.3) is 0 Å². The van der Waals surface area contributed by atoms with Crippen LogP contribution in [0.1, 0.15) is 25.7 Å². The van der Waals surface area contributed by atoms with E-state index in [1.165, 1.54) is 12.1 Å². The van der Waals surface area contributed by atoms with Crippen LogP contribution < -0.4 is 4.74 Å². The Morgan fingerprint density at radius 2 is 1.95 bits per heavy atom. The molecule has 1 N–H and O–H groups in total. The summed E-state index contributed by atoms with van der Waals surface area (Å²) in [7, 11) is 0. The average molecular weight is 295 g/mol. The van der Waals surface area contributed by atoms with E-state index in [2.05, 4.69) is 0 Å². The van der Waals surface area contributed by atoms with E-state index in [9.17, 15) is 9.18 Å². The highest BCUT2D eigenvalue weighted by Gasteiger charge is 2.21. The highest BCUT2D eigenvalue weighted by atomic mass is 19.1. The van der Waals surface area contributed by atoms with Gasteiger partial charge in [0.1, 0.15) is 11.6 Å². The van der Waals surface area contributed by atoms with E-state index in [4.69, 9.17) is 9.84 Å². The fourth-order valence-corrected chi connectivity index (χ4v) is 2.47. The average Bonchev–Trinajstić information content (AvgIpc) is 2.53. The van der Waals surface area contributed by atoms with Crippen molar-refractivity contribution in [1.29, 1.82) is 0 Å². The molecule has 2 rings (SSSR count). The van der Waals surface area contributed by atoms with Gasteiger partial charge < -0.3 is 14.7 Å². The van der Waals surface area contributed by atoms with E-state index >= 15 is 0 Å². The highest BCUT2D eigenvalue weighted by molar-refractivity contribution is 5.76. The van der Waals surface area contributed by atoms with E-state index in [0.717, 1.165) is 25.9 Å². The Labute approximate surface area is 124 Å². The third kappa shape index (κ3) is 5.01. The minimum absolute atomic E-state index is 0.147. The van der Waals surface area contributed by atoms with Crippen molar-refractivity contribution in [3.63, 3.8) is 0 Å². The van der Waals surface area contributed by atoms with Gasteiger partial charge in [0.25, 0.3) is 0 Å². The second kappa shape index (κ2) is 7.98. The highest BCUT2D eigenvalue weighted by Crippen LogP contribution is 2.17. The van der Waals surface area contributed by atoms with Crippen LogP contribution in [0, 0.1) is 11.7 Å². The molecule has 1 fully saturated rings. The number of benzene rings is 1. The summed E-state index contributed by atoms with van der Waals surface area (Å²) in [6.07, 6.45) is 2.88. The first-order chi connectivity index (χ1) is 10.2. The van der Waals surface area contributed by atoms with E-state index in [1.807, 2.05) is 4.90 Å². The lowest BCUT2D eigenvalue weighted by Gasteiger charge is -2.31. The molecule has 0 spiro atoms. The molecule has 1 aromatic carbocycles. The molecular weight excluding hydrogens is 273 g/mol. The van der Waals surface area contributed by atoms with Crippen LogP contribution in [0.2, 0.25) is 0 Å². The Kier molecular flexibility index (Phi) is 5.99. The summed E-state index contributed by atoms with van der Waals surface area (Å²) in [5.74, 6) is 0.821. The molecule has 1 aromatic rings. The van der Waals surface area contributed by atoms with Crippen LogP contribution in [0.3, 0.4) is 0 Å². The van der Waals surface area contributed by atoms with Crippen molar-refractivity contribution in [2.45, 2.75) is 25.7 Å². The van der Waals surface area contributed by atoms with Gasteiger partial charge in [0.05, 0.1) is 6.61 Å². The predicted molar refractivity (Wildman–Crippen MR) is 77.5 cm³/mol. The van der Waals surface area contributed by atoms with Gasteiger partial charge in [0, 0.05) is 26.1 Å². The lowest BCUT2D eigenvalue weighted by Crippen LogP contribution is -2.39. The lowest BCUT2D eigenvalue weighted by atomic mass is 9.97. The Morgan fingerprint density at radius 1 is 1.29 bits per heavy atom. The van der Waals surface area contributed by atoms with Crippen molar-refractivity contribution < 1.29 is 19.0 Å². The first-order valence-corrected chi connectivity index (χ1v) is 7.46. The summed E-state index contributed by atoms with van der Waals surface area (Å²) in [6.45, 7) is 2.14. The van der Waals surface area contributed by atoms with Crippen molar-refractivity contribution in [1.82, 2.24) is 4.90 Å².